The van der Waals surface area contributed by atoms with Crippen LogP contribution < -0.4 is 0 Å². The number of nitrogens with zero attached hydrogens (tertiary/aromatic N) is 1. The van der Waals surface area contributed by atoms with Crippen LogP contribution in [0.4, 0.5) is 0 Å². The highest BCUT2D eigenvalue weighted by Crippen LogP contribution is 2.37. The quantitative estimate of drug-likeness (QED) is 0.847. The molecule has 3 fully saturated rings. The lowest BCUT2D eigenvalue weighted by Gasteiger charge is -2.49. The van der Waals surface area contributed by atoms with Gasteiger partial charge in [-0.05, 0) is 50.8 Å². The molecule has 4 nitrogen and oxygen atoms in total. The Morgan fingerprint density at radius 2 is 2.00 bits per heavy atom. The number of piperidine rings is 3. The molecule has 4 rings (SSSR count). The summed E-state index contributed by atoms with van der Waals surface area (Å²) in [5.41, 5.74) is 0.982. The maximum absolute atomic E-state index is 12.4. The number of carbonyl (C=O) groups is 1. The molecule has 120 valence electrons. The molecule has 1 N–H and O–H groups in total. The maximum Gasteiger partial charge on any atom is 0.313 e. The number of hydrogen-bond donors (Lipinski definition) is 1. The zero-order valence-corrected chi connectivity index (χ0v) is 13.1. The third-order valence-corrected chi connectivity index (χ3v) is 5.17. The van der Waals surface area contributed by atoms with Gasteiger partial charge < -0.3 is 9.84 Å². The minimum Gasteiger partial charge on any atom is -0.466 e. The first-order valence-electron chi connectivity index (χ1n) is 8.34. The minimum atomic E-state index is -0.317. The van der Waals surface area contributed by atoms with Gasteiger partial charge in [-0.2, -0.15) is 0 Å². The Kier molecular flexibility index (Phi) is 4.79. The van der Waals surface area contributed by atoms with E-state index in [0.717, 1.165) is 31.5 Å². The summed E-state index contributed by atoms with van der Waals surface area (Å²) >= 11 is 0. The summed E-state index contributed by atoms with van der Waals surface area (Å²) in [6.45, 7) is 4.30. The number of hydrogen-bond acceptors (Lipinski definition) is 4. The van der Waals surface area contributed by atoms with E-state index in [4.69, 9.17) is 4.74 Å². The van der Waals surface area contributed by atoms with Crippen molar-refractivity contribution in [2.45, 2.75) is 44.2 Å². The Morgan fingerprint density at radius 1 is 1.32 bits per heavy atom. The molecule has 0 spiro atoms. The van der Waals surface area contributed by atoms with Crippen LogP contribution in [-0.4, -0.2) is 47.8 Å². The fourth-order valence-corrected chi connectivity index (χ4v) is 3.95. The SMILES string of the molecule is CCOC(=O)C(CC1C(O)C2CCN1CC2)c1ccccc1. The molecular formula is C18H25NO3. The zero-order valence-electron chi connectivity index (χ0n) is 13.1. The fraction of sp³-hybridized carbons (Fsp3) is 0.611. The van der Waals surface area contributed by atoms with Crippen molar-refractivity contribution in [3.05, 3.63) is 35.9 Å². The number of ether oxygens (including phenoxy) is 1. The Hall–Kier alpha value is -1.39. The van der Waals surface area contributed by atoms with Gasteiger partial charge in [0.05, 0.1) is 18.6 Å². The van der Waals surface area contributed by atoms with Crippen molar-refractivity contribution in [3.8, 4) is 0 Å². The maximum atomic E-state index is 12.4. The Labute approximate surface area is 132 Å². The first kappa shape index (κ1) is 15.5. The van der Waals surface area contributed by atoms with E-state index in [1.807, 2.05) is 37.3 Å². The molecule has 0 saturated carbocycles. The van der Waals surface area contributed by atoms with E-state index < -0.39 is 0 Å². The minimum absolute atomic E-state index is 0.0714. The molecule has 3 heterocycles. The second kappa shape index (κ2) is 6.80. The van der Waals surface area contributed by atoms with Crippen molar-refractivity contribution in [2.24, 2.45) is 5.92 Å². The topological polar surface area (TPSA) is 49.8 Å². The van der Waals surface area contributed by atoms with Crippen LogP contribution >= 0.6 is 0 Å². The van der Waals surface area contributed by atoms with Crippen LogP contribution in [0, 0.1) is 5.92 Å². The normalized spacial score (nSPS) is 31.7. The number of rotatable bonds is 5. The van der Waals surface area contributed by atoms with Gasteiger partial charge >= 0.3 is 5.97 Å². The van der Waals surface area contributed by atoms with Crippen molar-refractivity contribution < 1.29 is 14.6 Å². The summed E-state index contributed by atoms with van der Waals surface area (Å²) in [4.78, 5) is 14.8. The molecule has 3 unspecified atom stereocenters. The molecular weight excluding hydrogens is 278 g/mol. The average Bonchev–Trinajstić information content (AvgIpc) is 2.56. The molecule has 3 saturated heterocycles. The molecule has 4 heteroatoms. The highest BCUT2D eigenvalue weighted by molar-refractivity contribution is 5.78. The van der Waals surface area contributed by atoms with E-state index in [-0.39, 0.29) is 24.0 Å². The molecule has 2 bridgehead atoms. The largest absolute Gasteiger partial charge is 0.466 e. The van der Waals surface area contributed by atoms with Crippen LogP contribution in [0.1, 0.15) is 37.7 Å². The number of esters is 1. The Balaban J connectivity index is 1.79. The molecule has 1 aromatic carbocycles. The van der Waals surface area contributed by atoms with Gasteiger partial charge in [0, 0.05) is 6.04 Å². The van der Waals surface area contributed by atoms with Crippen LogP contribution in [0.5, 0.6) is 0 Å². The predicted octanol–water partition coefficient (Wildman–Crippen LogP) is 2.18. The second-order valence-corrected chi connectivity index (χ2v) is 6.38. The Bertz CT molecular complexity index is 494. The van der Waals surface area contributed by atoms with Crippen molar-refractivity contribution in [1.29, 1.82) is 0 Å². The van der Waals surface area contributed by atoms with Gasteiger partial charge in [-0.1, -0.05) is 30.3 Å². The fourth-order valence-electron chi connectivity index (χ4n) is 3.95. The van der Waals surface area contributed by atoms with Crippen LogP contribution in [0.15, 0.2) is 30.3 Å². The summed E-state index contributed by atoms with van der Waals surface area (Å²) in [5.74, 6) is -0.0719. The lowest BCUT2D eigenvalue weighted by molar-refractivity contribution is -0.147. The molecule has 3 aliphatic rings. The average molecular weight is 303 g/mol. The van der Waals surface area contributed by atoms with Crippen molar-refractivity contribution in [3.63, 3.8) is 0 Å². The molecule has 3 atom stereocenters. The van der Waals surface area contributed by atoms with E-state index >= 15 is 0 Å². The first-order chi connectivity index (χ1) is 10.7. The van der Waals surface area contributed by atoms with E-state index in [2.05, 4.69) is 4.90 Å². The van der Waals surface area contributed by atoms with E-state index in [1.54, 1.807) is 0 Å². The number of carbonyl (C=O) groups excluding carboxylic acids is 1. The van der Waals surface area contributed by atoms with Crippen LogP contribution in [0.25, 0.3) is 0 Å². The van der Waals surface area contributed by atoms with Gasteiger partial charge in [-0.15, -0.1) is 0 Å². The third kappa shape index (κ3) is 3.03. The summed E-state index contributed by atoms with van der Waals surface area (Å²) in [5, 5.41) is 10.6. The van der Waals surface area contributed by atoms with Gasteiger partial charge in [-0.25, -0.2) is 0 Å². The number of aliphatic hydroxyl groups excluding tert-OH is 1. The van der Waals surface area contributed by atoms with Crippen LogP contribution in [0.2, 0.25) is 0 Å². The predicted molar refractivity (Wildman–Crippen MR) is 84.5 cm³/mol. The number of aliphatic hydroxyl groups is 1. The van der Waals surface area contributed by atoms with Gasteiger partial charge in [0.25, 0.3) is 0 Å². The molecule has 0 aromatic heterocycles. The third-order valence-electron chi connectivity index (χ3n) is 5.17. The van der Waals surface area contributed by atoms with Crippen molar-refractivity contribution in [1.82, 2.24) is 4.90 Å². The summed E-state index contributed by atoms with van der Waals surface area (Å²) in [6, 6.07) is 9.87. The van der Waals surface area contributed by atoms with E-state index in [1.165, 1.54) is 0 Å². The molecule has 0 aliphatic carbocycles. The summed E-state index contributed by atoms with van der Waals surface area (Å²) in [6.07, 6.45) is 2.48. The van der Waals surface area contributed by atoms with Gasteiger partial charge in [0.15, 0.2) is 0 Å². The highest BCUT2D eigenvalue weighted by atomic mass is 16.5. The van der Waals surface area contributed by atoms with Crippen molar-refractivity contribution >= 4 is 5.97 Å². The van der Waals surface area contributed by atoms with E-state index in [9.17, 15) is 9.90 Å². The molecule has 22 heavy (non-hydrogen) atoms. The van der Waals surface area contributed by atoms with Crippen LogP contribution in [-0.2, 0) is 9.53 Å². The smallest absolute Gasteiger partial charge is 0.313 e. The monoisotopic (exact) mass is 303 g/mol. The van der Waals surface area contributed by atoms with Gasteiger partial charge in [0.1, 0.15) is 0 Å². The molecule has 0 radical (unpaired) electrons. The molecule has 0 amide bonds. The van der Waals surface area contributed by atoms with Crippen molar-refractivity contribution in [2.75, 3.05) is 19.7 Å². The van der Waals surface area contributed by atoms with Crippen LogP contribution in [0.3, 0.4) is 0 Å². The highest BCUT2D eigenvalue weighted by Gasteiger charge is 2.43. The Morgan fingerprint density at radius 3 is 2.59 bits per heavy atom. The van der Waals surface area contributed by atoms with E-state index in [0.29, 0.717) is 18.9 Å². The first-order valence-corrected chi connectivity index (χ1v) is 8.34. The lowest BCUT2D eigenvalue weighted by Crippen LogP contribution is -2.58. The summed E-state index contributed by atoms with van der Waals surface area (Å²) < 4.78 is 5.28. The summed E-state index contributed by atoms with van der Waals surface area (Å²) in [7, 11) is 0. The second-order valence-electron chi connectivity index (χ2n) is 6.38. The van der Waals surface area contributed by atoms with Gasteiger partial charge in [0.2, 0.25) is 0 Å². The zero-order chi connectivity index (χ0) is 15.5. The number of benzene rings is 1. The molecule has 3 aliphatic heterocycles. The lowest BCUT2D eigenvalue weighted by atomic mass is 9.76. The standard InChI is InChI=1S/C18H25NO3/c1-2-22-18(21)15(13-6-4-3-5-7-13)12-16-17(20)14-8-10-19(16)11-9-14/h3-7,14-17,20H,2,8-12H2,1H3. The van der Waals surface area contributed by atoms with Gasteiger partial charge in [-0.3, -0.25) is 9.69 Å². The number of fused-ring (bicyclic) bond motifs is 3. The molecule has 1 aromatic rings.